The van der Waals surface area contributed by atoms with Crippen molar-refractivity contribution in [3.63, 3.8) is 0 Å². The number of amides is 1. The Bertz CT molecular complexity index is 898. The van der Waals surface area contributed by atoms with Gasteiger partial charge in [0.05, 0.1) is 6.61 Å². The third-order valence-corrected chi connectivity index (χ3v) is 4.30. The number of benzene rings is 2. The summed E-state index contributed by atoms with van der Waals surface area (Å²) in [6, 6.07) is 10.0. The van der Waals surface area contributed by atoms with E-state index in [1.165, 1.54) is 25.1 Å². The largest absolute Gasteiger partial charge is 0.463 e. The van der Waals surface area contributed by atoms with Crippen molar-refractivity contribution < 1.29 is 31.9 Å². The fourth-order valence-corrected chi connectivity index (χ4v) is 2.67. The lowest BCUT2D eigenvalue weighted by Crippen LogP contribution is -2.69. The molecule has 5 nitrogen and oxygen atoms in total. The van der Waals surface area contributed by atoms with E-state index in [1.54, 1.807) is 17.4 Å². The number of esters is 1. The van der Waals surface area contributed by atoms with E-state index in [9.17, 15) is 27.2 Å². The number of hydrogen-bond acceptors (Lipinski definition) is 4. The highest BCUT2D eigenvalue weighted by Crippen LogP contribution is 2.34. The van der Waals surface area contributed by atoms with Crippen LogP contribution in [0.3, 0.4) is 0 Å². The molecule has 2 aromatic carbocycles. The number of hydrogen-bond donors (Lipinski definition) is 2. The minimum atomic E-state index is -5.28. The highest BCUT2D eigenvalue weighted by molar-refractivity contribution is 5.99. The molecule has 0 aliphatic carbocycles. The summed E-state index contributed by atoms with van der Waals surface area (Å²) in [4.78, 5) is 24.9. The fourth-order valence-electron chi connectivity index (χ4n) is 2.67. The van der Waals surface area contributed by atoms with Crippen LogP contribution in [0.4, 0.5) is 23.2 Å². The number of carbonyl (C=O) groups is 2. The summed E-state index contributed by atoms with van der Waals surface area (Å²) in [5.74, 6) is -3.71. The molecule has 1 atom stereocenters. The Kier molecular flexibility index (Phi) is 7.07. The molecule has 0 aromatic heterocycles. The number of ether oxygens (including phenoxy) is 1. The molecule has 2 N–H and O–H groups in total. The first-order valence-corrected chi connectivity index (χ1v) is 9.20. The zero-order valence-electron chi connectivity index (χ0n) is 16.6. The zero-order chi connectivity index (χ0) is 22.5. The predicted molar refractivity (Wildman–Crippen MR) is 103 cm³/mol. The summed E-state index contributed by atoms with van der Waals surface area (Å²) >= 11 is 0. The SMILES string of the molecule is CCOC(=O)[C@](NC(=O)c1cccc(F)c1)(Nc1ccc(C(C)C)cc1)C(F)(F)F. The van der Waals surface area contributed by atoms with Crippen LogP contribution < -0.4 is 10.6 Å². The van der Waals surface area contributed by atoms with E-state index >= 15 is 0 Å². The molecular weight excluding hydrogens is 404 g/mol. The van der Waals surface area contributed by atoms with Crippen molar-refractivity contribution in [2.24, 2.45) is 0 Å². The first kappa shape index (κ1) is 23.2. The standard InChI is InChI=1S/C21H22F4N2O3/c1-4-30-19(29)20(21(23,24)25,26-17-10-8-14(9-11-17)13(2)3)27-18(28)15-6-5-7-16(22)12-15/h5-13,26H,4H2,1-3H3,(H,27,28)/t20-/m1/s1. The Hall–Kier alpha value is -3.10. The van der Waals surface area contributed by atoms with Gasteiger partial charge in [-0.15, -0.1) is 0 Å². The lowest BCUT2D eigenvalue weighted by Gasteiger charge is -2.35. The molecular formula is C21H22F4N2O3. The van der Waals surface area contributed by atoms with Crippen molar-refractivity contribution in [1.29, 1.82) is 0 Å². The van der Waals surface area contributed by atoms with Gasteiger partial charge in [-0.1, -0.05) is 32.0 Å². The molecule has 0 radical (unpaired) electrons. The normalized spacial score (nSPS) is 13.5. The molecule has 0 unspecified atom stereocenters. The quantitative estimate of drug-likeness (QED) is 0.385. The smallest absolute Gasteiger partial charge is 0.441 e. The second-order valence-electron chi connectivity index (χ2n) is 6.83. The molecule has 0 aliphatic heterocycles. The van der Waals surface area contributed by atoms with Gasteiger partial charge in [0.2, 0.25) is 0 Å². The Morgan fingerprint density at radius 2 is 1.70 bits per heavy atom. The molecule has 0 spiro atoms. The van der Waals surface area contributed by atoms with Crippen LogP contribution in [0.25, 0.3) is 0 Å². The van der Waals surface area contributed by atoms with Crippen LogP contribution in [0, 0.1) is 5.82 Å². The summed E-state index contributed by atoms with van der Waals surface area (Å²) < 4.78 is 60.5. The maximum atomic E-state index is 14.1. The van der Waals surface area contributed by atoms with Gasteiger partial charge < -0.3 is 15.4 Å². The van der Waals surface area contributed by atoms with Crippen LogP contribution in [0.2, 0.25) is 0 Å². The summed E-state index contributed by atoms with van der Waals surface area (Å²) in [7, 11) is 0. The molecule has 2 rings (SSSR count). The molecule has 0 fully saturated rings. The number of halogens is 4. The first-order chi connectivity index (χ1) is 14.0. The Morgan fingerprint density at radius 1 is 1.07 bits per heavy atom. The highest BCUT2D eigenvalue weighted by atomic mass is 19.4. The fraction of sp³-hybridized carbons (Fsp3) is 0.333. The van der Waals surface area contributed by atoms with E-state index in [0.717, 1.165) is 23.8 Å². The molecule has 30 heavy (non-hydrogen) atoms. The highest BCUT2D eigenvalue weighted by Gasteiger charge is 2.63. The van der Waals surface area contributed by atoms with Crippen LogP contribution in [0.15, 0.2) is 48.5 Å². The van der Waals surface area contributed by atoms with E-state index in [1.807, 2.05) is 13.8 Å². The van der Waals surface area contributed by atoms with Gasteiger partial charge in [0, 0.05) is 11.3 Å². The van der Waals surface area contributed by atoms with Gasteiger partial charge in [0.25, 0.3) is 5.91 Å². The van der Waals surface area contributed by atoms with Gasteiger partial charge in [-0.3, -0.25) is 4.79 Å². The third kappa shape index (κ3) is 5.08. The summed E-state index contributed by atoms with van der Waals surface area (Å²) in [5, 5.41) is 3.74. The van der Waals surface area contributed by atoms with Crippen molar-refractivity contribution in [2.75, 3.05) is 11.9 Å². The van der Waals surface area contributed by atoms with Crippen molar-refractivity contribution in [2.45, 2.75) is 38.5 Å². The van der Waals surface area contributed by atoms with Crippen LogP contribution in [-0.2, 0) is 9.53 Å². The predicted octanol–water partition coefficient (Wildman–Crippen LogP) is 4.61. The topological polar surface area (TPSA) is 67.4 Å². The molecule has 1 amide bonds. The van der Waals surface area contributed by atoms with Gasteiger partial charge in [-0.05, 0) is 48.7 Å². The minimum absolute atomic E-state index is 0.0654. The van der Waals surface area contributed by atoms with Crippen LogP contribution in [0.5, 0.6) is 0 Å². The van der Waals surface area contributed by atoms with Crippen LogP contribution >= 0.6 is 0 Å². The van der Waals surface area contributed by atoms with Gasteiger partial charge in [0.1, 0.15) is 5.82 Å². The number of carbonyl (C=O) groups excluding carboxylic acids is 2. The lowest BCUT2D eigenvalue weighted by atomic mass is 10.0. The molecule has 9 heteroatoms. The second-order valence-corrected chi connectivity index (χ2v) is 6.83. The molecule has 0 aliphatic rings. The molecule has 162 valence electrons. The van der Waals surface area contributed by atoms with Crippen molar-refractivity contribution in [3.8, 4) is 0 Å². The Balaban J connectivity index is 2.49. The molecule has 0 bridgehead atoms. The molecule has 0 saturated carbocycles. The molecule has 2 aromatic rings. The summed E-state index contributed by atoms with van der Waals surface area (Å²) in [6.07, 6.45) is -5.28. The van der Waals surface area contributed by atoms with E-state index in [2.05, 4.69) is 10.1 Å². The molecule has 0 saturated heterocycles. The van der Waals surface area contributed by atoms with E-state index in [-0.39, 0.29) is 23.8 Å². The first-order valence-electron chi connectivity index (χ1n) is 9.20. The number of anilines is 1. The van der Waals surface area contributed by atoms with Crippen LogP contribution in [0.1, 0.15) is 42.6 Å². The minimum Gasteiger partial charge on any atom is -0.463 e. The van der Waals surface area contributed by atoms with E-state index in [0.29, 0.717) is 0 Å². The number of rotatable bonds is 7. The average molecular weight is 426 g/mol. The summed E-state index contributed by atoms with van der Waals surface area (Å²) in [6.45, 7) is 4.83. The second kappa shape index (κ2) is 9.15. The zero-order valence-corrected chi connectivity index (χ0v) is 16.6. The third-order valence-electron chi connectivity index (χ3n) is 4.30. The summed E-state index contributed by atoms with van der Waals surface area (Å²) in [5.41, 5.74) is -3.15. The van der Waals surface area contributed by atoms with Gasteiger partial charge in [0.15, 0.2) is 0 Å². The lowest BCUT2D eigenvalue weighted by molar-refractivity contribution is -0.204. The molecule has 0 heterocycles. The average Bonchev–Trinajstić information content (AvgIpc) is 2.67. The monoisotopic (exact) mass is 426 g/mol. The Labute approximate surface area is 171 Å². The number of nitrogens with one attached hydrogen (secondary N) is 2. The van der Waals surface area contributed by atoms with Crippen molar-refractivity contribution in [1.82, 2.24) is 5.32 Å². The van der Waals surface area contributed by atoms with Crippen LogP contribution in [-0.4, -0.2) is 30.3 Å². The maximum absolute atomic E-state index is 14.1. The van der Waals surface area contributed by atoms with Gasteiger partial charge >= 0.3 is 17.8 Å². The maximum Gasteiger partial charge on any atom is 0.441 e. The van der Waals surface area contributed by atoms with E-state index < -0.39 is 29.5 Å². The number of alkyl halides is 3. The van der Waals surface area contributed by atoms with Gasteiger partial charge in [-0.25, -0.2) is 9.18 Å². The van der Waals surface area contributed by atoms with Crippen molar-refractivity contribution >= 4 is 17.6 Å². The van der Waals surface area contributed by atoms with E-state index in [4.69, 9.17) is 0 Å². The Morgan fingerprint density at radius 3 is 2.20 bits per heavy atom. The van der Waals surface area contributed by atoms with Crippen molar-refractivity contribution in [3.05, 3.63) is 65.5 Å². The van der Waals surface area contributed by atoms with Gasteiger partial charge in [-0.2, -0.15) is 13.2 Å².